The van der Waals surface area contributed by atoms with Crippen LogP contribution < -0.4 is 17.2 Å². The van der Waals surface area contributed by atoms with Gasteiger partial charge in [0.15, 0.2) is 5.96 Å². The van der Waals surface area contributed by atoms with E-state index in [4.69, 9.17) is 17.2 Å². The van der Waals surface area contributed by atoms with Gasteiger partial charge in [-0.1, -0.05) is 18.2 Å². The Morgan fingerprint density at radius 2 is 2.00 bits per heavy atom. The molecule has 19 heavy (non-hydrogen) atoms. The minimum Gasteiger partial charge on any atom is -0.370 e. The molecule has 100 valence electrons. The molecule has 7 N–H and O–H groups in total. The Morgan fingerprint density at radius 3 is 2.74 bits per heavy atom. The van der Waals surface area contributed by atoms with Gasteiger partial charge in [0.25, 0.3) is 0 Å². The summed E-state index contributed by atoms with van der Waals surface area (Å²) in [4.78, 5) is 11.2. The lowest BCUT2D eigenvalue weighted by Crippen LogP contribution is -2.27. The average Bonchev–Trinajstić information content (AvgIpc) is 2.71. The zero-order chi connectivity index (χ0) is 13.8. The molecule has 0 amide bonds. The van der Waals surface area contributed by atoms with Crippen LogP contribution in [0.15, 0.2) is 40.4 Å². The van der Waals surface area contributed by atoms with Crippen LogP contribution in [0, 0.1) is 0 Å². The fourth-order valence-electron chi connectivity index (χ4n) is 2.05. The van der Waals surface area contributed by atoms with Gasteiger partial charge in [0.2, 0.25) is 5.96 Å². The van der Waals surface area contributed by atoms with Crippen LogP contribution in [0.4, 0.5) is 0 Å². The monoisotopic (exact) mass is 258 g/mol. The summed E-state index contributed by atoms with van der Waals surface area (Å²) in [5.74, 6) is 0.0212. The number of H-pyrrole nitrogens is 1. The van der Waals surface area contributed by atoms with Crippen molar-refractivity contribution in [2.24, 2.45) is 27.2 Å². The summed E-state index contributed by atoms with van der Waals surface area (Å²) < 4.78 is 0. The minimum atomic E-state index is -0.0828. The lowest BCUT2D eigenvalue weighted by Gasteiger charge is -2.05. The standard InChI is InChI=1S/C13H18N6/c1-8(18-13(16)19-12(14)15)6-9-7-17-11-5-3-2-4-10(9)11/h2-5,7-8,17H,6H2,1H3,(H6,14,15,16,18,19)/t8-/m1/s1. The van der Waals surface area contributed by atoms with E-state index in [1.807, 2.05) is 31.3 Å². The number of hydrogen-bond acceptors (Lipinski definition) is 1. The van der Waals surface area contributed by atoms with Crippen LogP contribution >= 0.6 is 0 Å². The molecule has 2 aromatic rings. The number of guanidine groups is 2. The zero-order valence-electron chi connectivity index (χ0n) is 10.8. The molecule has 0 aliphatic carbocycles. The van der Waals surface area contributed by atoms with Gasteiger partial charge in [0, 0.05) is 17.1 Å². The summed E-state index contributed by atoms with van der Waals surface area (Å²) in [5.41, 5.74) is 18.4. The predicted octanol–water partition coefficient (Wildman–Crippen LogP) is 0.687. The second-order valence-corrected chi connectivity index (χ2v) is 4.44. The first-order chi connectivity index (χ1) is 9.06. The number of hydrogen-bond donors (Lipinski definition) is 4. The maximum Gasteiger partial charge on any atom is 0.218 e. The highest BCUT2D eigenvalue weighted by molar-refractivity contribution is 5.92. The molecular formula is C13H18N6. The number of benzene rings is 1. The Morgan fingerprint density at radius 1 is 1.26 bits per heavy atom. The van der Waals surface area contributed by atoms with Crippen LogP contribution in [0.25, 0.3) is 10.9 Å². The van der Waals surface area contributed by atoms with Gasteiger partial charge in [-0.3, -0.25) is 0 Å². The van der Waals surface area contributed by atoms with E-state index in [1.165, 1.54) is 10.9 Å². The molecule has 6 nitrogen and oxygen atoms in total. The normalized spacial score (nSPS) is 13.4. The van der Waals surface area contributed by atoms with Crippen molar-refractivity contribution in [1.29, 1.82) is 0 Å². The third-order valence-electron chi connectivity index (χ3n) is 2.79. The molecule has 1 atom stereocenters. The van der Waals surface area contributed by atoms with E-state index in [0.717, 1.165) is 11.9 Å². The summed E-state index contributed by atoms with van der Waals surface area (Å²) in [6.07, 6.45) is 2.76. The summed E-state index contributed by atoms with van der Waals surface area (Å²) in [6, 6.07) is 8.14. The van der Waals surface area contributed by atoms with Gasteiger partial charge in [-0.05, 0) is 25.0 Å². The Labute approximate surface area is 111 Å². The van der Waals surface area contributed by atoms with E-state index in [0.29, 0.717) is 0 Å². The molecule has 0 aliphatic rings. The number of aromatic amines is 1. The Balaban J connectivity index is 2.15. The van der Waals surface area contributed by atoms with Crippen LogP contribution in [0.5, 0.6) is 0 Å². The number of aliphatic imine (C=N–C) groups is 2. The molecule has 0 saturated heterocycles. The number of para-hydroxylation sites is 1. The van der Waals surface area contributed by atoms with Gasteiger partial charge >= 0.3 is 0 Å². The zero-order valence-corrected chi connectivity index (χ0v) is 10.8. The highest BCUT2D eigenvalue weighted by Crippen LogP contribution is 2.19. The van der Waals surface area contributed by atoms with E-state index < -0.39 is 0 Å². The fourth-order valence-corrected chi connectivity index (χ4v) is 2.05. The van der Waals surface area contributed by atoms with Gasteiger partial charge < -0.3 is 22.2 Å². The molecule has 0 unspecified atom stereocenters. The van der Waals surface area contributed by atoms with E-state index in [2.05, 4.69) is 21.0 Å². The highest BCUT2D eigenvalue weighted by atomic mass is 15.1. The van der Waals surface area contributed by atoms with Gasteiger partial charge in [-0.15, -0.1) is 0 Å². The maximum atomic E-state index is 5.61. The number of nitrogens with zero attached hydrogens (tertiary/aromatic N) is 2. The third kappa shape index (κ3) is 3.25. The highest BCUT2D eigenvalue weighted by Gasteiger charge is 2.07. The summed E-state index contributed by atoms with van der Waals surface area (Å²) >= 11 is 0. The number of aromatic nitrogens is 1. The molecule has 0 spiro atoms. The second kappa shape index (κ2) is 5.43. The van der Waals surface area contributed by atoms with E-state index >= 15 is 0 Å². The molecule has 2 rings (SSSR count). The molecule has 1 aromatic carbocycles. The van der Waals surface area contributed by atoms with Gasteiger partial charge in [-0.25, -0.2) is 4.99 Å². The topological polar surface area (TPSA) is 119 Å². The van der Waals surface area contributed by atoms with Crippen molar-refractivity contribution >= 4 is 22.8 Å². The molecule has 1 heterocycles. The van der Waals surface area contributed by atoms with Crippen molar-refractivity contribution in [2.75, 3.05) is 0 Å². The summed E-state index contributed by atoms with van der Waals surface area (Å²) in [6.45, 7) is 1.97. The first-order valence-corrected chi connectivity index (χ1v) is 6.04. The second-order valence-electron chi connectivity index (χ2n) is 4.44. The first-order valence-electron chi connectivity index (χ1n) is 6.04. The molecule has 0 radical (unpaired) electrons. The number of nitrogens with one attached hydrogen (secondary N) is 1. The smallest absolute Gasteiger partial charge is 0.218 e. The lowest BCUT2D eigenvalue weighted by atomic mass is 10.1. The van der Waals surface area contributed by atoms with Gasteiger partial charge in [0.05, 0.1) is 6.04 Å². The molecule has 0 fully saturated rings. The average molecular weight is 258 g/mol. The van der Waals surface area contributed by atoms with Crippen molar-refractivity contribution in [1.82, 2.24) is 4.98 Å². The van der Waals surface area contributed by atoms with Crippen molar-refractivity contribution in [2.45, 2.75) is 19.4 Å². The van der Waals surface area contributed by atoms with Crippen molar-refractivity contribution < 1.29 is 0 Å². The SMILES string of the molecule is C[C@H](Cc1c[nH]c2ccccc12)N=C(N)N=C(N)N. The van der Waals surface area contributed by atoms with Gasteiger partial charge in [0.1, 0.15) is 0 Å². The first kappa shape index (κ1) is 12.9. The van der Waals surface area contributed by atoms with Crippen LogP contribution in [-0.2, 0) is 6.42 Å². The quantitative estimate of drug-likeness (QED) is 0.479. The Kier molecular flexibility index (Phi) is 3.70. The van der Waals surface area contributed by atoms with Crippen LogP contribution in [-0.4, -0.2) is 22.9 Å². The molecular weight excluding hydrogens is 240 g/mol. The number of rotatable bonds is 3. The van der Waals surface area contributed by atoms with E-state index in [-0.39, 0.29) is 18.0 Å². The largest absolute Gasteiger partial charge is 0.370 e. The van der Waals surface area contributed by atoms with Crippen molar-refractivity contribution in [3.8, 4) is 0 Å². The summed E-state index contributed by atoms with van der Waals surface area (Å²) in [5, 5.41) is 1.20. The number of fused-ring (bicyclic) bond motifs is 1. The molecule has 1 aromatic heterocycles. The van der Waals surface area contributed by atoms with E-state index in [9.17, 15) is 0 Å². The summed E-state index contributed by atoms with van der Waals surface area (Å²) in [7, 11) is 0. The Bertz CT molecular complexity index is 621. The van der Waals surface area contributed by atoms with Crippen LogP contribution in [0.2, 0.25) is 0 Å². The minimum absolute atomic E-state index is 0.00214. The van der Waals surface area contributed by atoms with Crippen LogP contribution in [0.1, 0.15) is 12.5 Å². The maximum absolute atomic E-state index is 5.61. The fraction of sp³-hybridized carbons (Fsp3) is 0.231. The predicted molar refractivity (Wildman–Crippen MR) is 78.9 cm³/mol. The lowest BCUT2D eigenvalue weighted by molar-refractivity contribution is 0.741. The molecule has 0 bridgehead atoms. The number of nitrogens with two attached hydrogens (primary N) is 3. The van der Waals surface area contributed by atoms with Crippen LogP contribution in [0.3, 0.4) is 0 Å². The third-order valence-corrected chi connectivity index (χ3v) is 2.79. The molecule has 6 heteroatoms. The van der Waals surface area contributed by atoms with Gasteiger partial charge in [-0.2, -0.15) is 4.99 Å². The van der Waals surface area contributed by atoms with E-state index in [1.54, 1.807) is 0 Å². The molecule has 0 saturated carbocycles. The Hall–Kier alpha value is -2.50. The van der Waals surface area contributed by atoms with Crippen molar-refractivity contribution in [3.63, 3.8) is 0 Å². The molecule has 0 aliphatic heterocycles. The van der Waals surface area contributed by atoms with Crippen molar-refractivity contribution in [3.05, 3.63) is 36.0 Å².